The van der Waals surface area contributed by atoms with Crippen molar-refractivity contribution in [2.45, 2.75) is 6.42 Å². The lowest BCUT2D eigenvalue weighted by Crippen LogP contribution is -2.28. The molecule has 1 aliphatic rings. The zero-order valence-corrected chi connectivity index (χ0v) is 7.48. The zero-order chi connectivity index (χ0) is 9.10. The van der Waals surface area contributed by atoms with Crippen LogP contribution in [0, 0.1) is 0 Å². The highest BCUT2D eigenvalue weighted by molar-refractivity contribution is 5.62. The van der Waals surface area contributed by atoms with Gasteiger partial charge in [-0.25, -0.2) is 4.98 Å². The minimum absolute atomic E-state index is 0.762. The third kappa shape index (κ3) is 1.64. The van der Waals surface area contributed by atoms with E-state index in [4.69, 9.17) is 5.73 Å². The molecule has 0 fully saturated rings. The van der Waals surface area contributed by atoms with E-state index in [9.17, 15) is 0 Å². The van der Waals surface area contributed by atoms with Crippen LogP contribution in [-0.4, -0.2) is 18.1 Å². The van der Waals surface area contributed by atoms with Crippen molar-refractivity contribution in [3.63, 3.8) is 0 Å². The van der Waals surface area contributed by atoms with Crippen molar-refractivity contribution in [3.05, 3.63) is 30.5 Å². The first-order valence-corrected chi connectivity index (χ1v) is 4.48. The zero-order valence-electron chi connectivity index (χ0n) is 7.48. The van der Waals surface area contributed by atoms with Crippen molar-refractivity contribution in [2.75, 3.05) is 23.7 Å². The highest BCUT2D eigenvalue weighted by atomic mass is 15.2. The fraction of sp³-hybridized carbons (Fsp3) is 0.300. The smallest absolute Gasteiger partial charge is 0.152 e. The van der Waals surface area contributed by atoms with Crippen LogP contribution >= 0.6 is 0 Å². The number of hydrogen-bond acceptors (Lipinski definition) is 3. The summed E-state index contributed by atoms with van der Waals surface area (Å²) in [6.07, 6.45) is 7.20. The summed E-state index contributed by atoms with van der Waals surface area (Å²) in [6.45, 7) is 1.93. The quantitative estimate of drug-likeness (QED) is 0.656. The van der Waals surface area contributed by atoms with Crippen LogP contribution in [-0.2, 0) is 0 Å². The van der Waals surface area contributed by atoms with Crippen molar-refractivity contribution in [2.24, 2.45) is 0 Å². The molecule has 0 bridgehead atoms. The largest absolute Gasteiger partial charge is 0.396 e. The van der Waals surface area contributed by atoms with Gasteiger partial charge in [0.2, 0.25) is 0 Å². The van der Waals surface area contributed by atoms with Crippen LogP contribution in [0.15, 0.2) is 30.5 Å². The molecule has 1 aliphatic heterocycles. The van der Waals surface area contributed by atoms with Gasteiger partial charge < -0.3 is 10.6 Å². The van der Waals surface area contributed by atoms with Crippen molar-refractivity contribution in [1.82, 2.24) is 4.98 Å². The molecule has 0 radical (unpaired) electrons. The minimum Gasteiger partial charge on any atom is -0.396 e. The average molecular weight is 175 g/mol. The van der Waals surface area contributed by atoms with Crippen LogP contribution in [0.2, 0.25) is 0 Å². The molecule has 0 spiro atoms. The summed E-state index contributed by atoms with van der Waals surface area (Å²) >= 11 is 0. The van der Waals surface area contributed by atoms with E-state index >= 15 is 0 Å². The molecule has 1 aromatic heterocycles. The Balaban J connectivity index is 2.24. The maximum atomic E-state index is 5.82. The van der Waals surface area contributed by atoms with E-state index in [-0.39, 0.29) is 0 Å². The summed E-state index contributed by atoms with van der Waals surface area (Å²) in [5, 5.41) is 0. The Bertz CT molecular complexity index is 320. The van der Waals surface area contributed by atoms with Gasteiger partial charge in [-0.2, -0.15) is 0 Å². The van der Waals surface area contributed by atoms with Crippen LogP contribution < -0.4 is 10.6 Å². The van der Waals surface area contributed by atoms with E-state index < -0.39 is 0 Å². The van der Waals surface area contributed by atoms with Crippen molar-refractivity contribution in [3.8, 4) is 0 Å². The van der Waals surface area contributed by atoms with Gasteiger partial charge in [-0.05, 0) is 18.6 Å². The number of pyridine rings is 1. The second kappa shape index (κ2) is 3.47. The van der Waals surface area contributed by atoms with Gasteiger partial charge in [0.15, 0.2) is 5.82 Å². The summed E-state index contributed by atoms with van der Waals surface area (Å²) in [5.41, 5.74) is 6.58. The number of nitrogens with zero attached hydrogens (tertiary/aromatic N) is 2. The summed E-state index contributed by atoms with van der Waals surface area (Å²) in [4.78, 5) is 6.46. The van der Waals surface area contributed by atoms with Crippen molar-refractivity contribution in [1.29, 1.82) is 0 Å². The number of anilines is 2. The van der Waals surface area contributed by atoms with Crippen LogP contribution in [0.5, 0.6) is 0 Å². The molecule has 0 amide bonds. The Hall–Kier alpha value is -1.51. The monoisotopic (exact) mass is 175 g/mol. The Kier molecular flexibility index (Phi) is 2.17. The molecule has 68 valence electrons. The fourth-order valence-corrected chi connectivity index (χ4v) is 1.51. The Morgan fingerprint density at radius 1 is 1.38 bits per heavy atom. The van der Waals surface area contributed by atoms with E-state index in [0.717, 1.165) is 31.0 Å². The van der Waals surface area contributed by atoms with Crippen LogP contribution in [0.1, 0.15) is 6.42 Å². The lowest BCUT2D eigenvalue weighted by molar-refractivity contribution is 0.807. The average Bonchev–Trinajstić information content (AvgIpc) is 2.20. The second-order valence-corrected chi connectivity index (χ2v) is 3.12. The van der Waals surface area contributed by atoms with Gasteiger partial charge in [-0.3, -0.25) is 0 Å². The number of nitrogens with two attached hydrogens (primary N) is 1. The van der Waals surface area contributed by atoms with Gasteiger partial charge in [0.05, 0.1) is 5.69 Å². The van der Waals surface area contributed by atoms with Crippen LogP contribution in [0.4, 0.5) is 11.5 Å². The van der Waals surface area contributed by atoms with Gasteiger partial charge in [0.1, 0.15) is 0 Å². The molecule has 0 aliphatic carbocycles. The minimum atomic E-state index is 0.762. The van der Waals surface area contributed by atoms with E-state index in [1.54, 1.807) is 6.20 Å². The first kappa shape index (κ1) is 8.10. The lowest BCUT2D eigenvalue weighted by Gasteiger charge is -2.25. The van der Waals surface area contributed by atoms with Crippen LogP contribution in [0.3, 0.4) is 0 Å². The van der Waals surface area contributed by atoms with Crippen molar-refractivity contribution >= 4 is 11.5 Å². The van der Waals surface area contributed by atoms with Gasteiger partial charge in [-0.15, -0.1) is 0 Å². The molecule has 0 saturated carbocycles. The number of aromatic nitrogens is 1. The third-order valence-electron chi connectivity index (χ3n) is 2.17. The molecular weight excluding hydrogens is 162 g/mol. The molecule has 0 unspecified atom stereocenters. The summed E-state index contributed by atoms with van der Waals surface area (Å²) < 4.78 is 0. The summed E-state index contributed by atoms with van der Waals surface area (Å²) in [6, 6.07) is 3.75. The maximum Gasteiger partial charge on any atom is 0.152 e. The van der Waals surface area contributed by atoms with Gasteiger partial charge in [-0.1, -0.05) is 12.2 Å². The molecule has 2 rings (SSSR count). The topological polar surface area (TPSA) is 42.1 Å². The number of hydrogen-bond donors (Lipinski definition) is 1. The first-order valence-electron chi connectivity index (χ1n) is 4.48. The van der Waals surface area contributed by atoms with E-state index in [1.165, 1.54) is 0 Å². The number of nitrogen functional groups attached to an aromatic ring is 1. The number of rotatable bonds is 1. The standard InChI is InChI=1S/C10H13N3/c11-9-5-4-6-12-10(9)13-7-2-1-3-8-13/h1-2,4-6H,3,7-8,11H2. The molecule has 13 heavy (non-hydrogen) atoms. The molecule has 3 heteroatoms. The Morgan fingerprint density at radius 2 is 2.31 bits per heavy atom. The van der Waals surface area contributed by atoms with Gasteiger partial charge >= 0.3 is 0 Å². The molecule has 3 nitrogen and oxygen atoms in total. The van der Waals surface area contributed by atoms with Crippen LogP contribution in [0.25, 0.3) is 0 Å². The maximum absolute atomic E-state index is 5.82. The predicted molar refractivity (Wildman–Crippen MR) is 54.6 cm³/mol. The molecule has 0 aromatic carbocycles. The van der Waals surface area contributed by atoms with E-state index in [1.807, 2.05) is 12.1 Å². The molecule has 0 saturated heterocycles. The third-order valence-corrected chi connectivity index (χ3v) is 2.17. The Morgan fingerprint density at radius 3 is 3.00 bits per heavy atom. The SMILES string of the molecule is Nc1cccnc1N1CC=CCC1. The van der Waals surface area contributed by atoms with Crippen molar-refractivity contribution < 1.29 is 0 Å². The molecule has 2 N–H and O–H groups in total. The van der Waals surface area contributed by atoms with Gasteiger partial charge in [0.25, 0.3) is 0 Å². The molecular formula is C10H13N3. The first-order chi connectivity index (χ1) is 6.38. The highest BCUT2D eigenvalue weighted by Gasteiger charge is 2.10. The molecule has 2 heterocycles. The Labute approximate surface area is 77.9 Å². The normalized spacial score (nSPS) is 16.2. The molecule has 0 atom stereocenters. The lowest BCUT2D eigenvalue weighted by atomic mass is 10.2. The summed E-state index contributed by atoms with van der Waals surface area (Å²) in [7, 11) is 0. The van der Waals surface area contributed by atoms with E-state index in [2.05, 4.69) is 22.0 Å². The highest BCUT2D eigenvalue weighted by Crippen LogP contribution is 2.20. The second-order valence-electron chi connectivity index (χ2n) is 3.12. The predicted octanol–water partition coefficient (Wildman–Crippen LogP) is 1.43. The summed E-state index contributed by atoms with van der Waals surface area (Å²) in [5.74, 6) is 0.909. The van der Waals surface area contributed by atoms with Gasteiger partial charge in [0, 0.05) is 19.3 Å². The van der Waals surface area contributed by atoms with E-state index in [0.29, 0.717) is 0 Å². The molecule has 1 aromatic rings. The fourth-order valence-electron chi connectivity index (χ4n) is 1.51.